The van der Waals surface area contributed by atoms with Gasteiger partial charge >= 0.3 is 0 Å². The number of nitrogens with zero attached hydrogens (tertiary/aromatic N) is 1. The Labute approximate surface area is 143 Å². The molecule has 0 fully saturated rings. The quantitative estimate of drug-likeness (QED) is 0.502. The predicted octanol–water partition coefficient (Wildman–Crippen LogP) is 5.83. The predicted molar refractivity (Wildman–Crippen MR) is 98.4 cm³/mol. The molecule has 1 aromatic heterocycles. The van der Waals surface area contributed by atoms with Crippen LogP contribution >= 0.6 is 32.9 Å². The summed E-state index contributed by atoms with van der Waals surface area (Å²) in [5.74, 6) is 0.204. The number of benzene rings is 1. The lowest BCUT2D eigenvalue weighted by Crippen LogP contribution is -2.49. The minimum Gasteiger partial charge on any atom is -0.301 e. The molecule has 22 heavy (non-hydrogen) atoms. The largest absolute Gasteiger partial charge is 0.301 e. The third-order valence-corrected chi connectivity index (χ3v) is 7.74. The second kappa shape index (κ2) is 5.55. The Balaban J connectivity index is 2.29. The minimum absolute atomic E-state index is 0.0143. The van der Waals surface area contributed by atoms with Crippen LogP contribution in [0, 0.1) is 9.74 Å². The molecule has 0 saturated heterocycles. The number of rotatable bonds is 2. The van der Waals surface area contributed by atoms with E-state index >= 15 is 0 Å². The molecule has 0 N–H and O–H groups in total. The van der Waals surface area contributed by atoms with E-state index in [1.807, 2.05) is 30.0 Å². The fraction of sp³-hybridized carbons (Fsp3) is 0.412. The molecule has 0 saturated carbocycles. The molecular formula is C17H19NOS3. The molecule has 0 bridgehead atoms. The van der Waals surface area contributed by atoms with Crippen LogP contribution in [0.4, 0.5) is 5.69 Å². The molecule has 2 heterocycles. The summed E-state index contributed by atoms with van der Waals surface area (Å²) >= 11 is 5.56. The molecule has 3 rings (SSSR count). The first kappa shape index (κ1) is 15.8. The number of hydrogen-bond donors (Lipinski definition) is 0. The van der Waals surface area contributed by atoms with Crippen LogP contribution in [-0.2, 0) is 10.3 Å². The van der Waals surface area contributed by atoms with Gasteiger partial charge in [0.1, 0.15) is 3.82 Å². The number of para-hydroxylation sites is 1. The van der Waals surface area contributed by atoms with Gasteiger partial charge in [0.2, 0.25) is 5.91 Å². The van der Waals surface area contributed by atoms with E-state index in [1.165, 1.54) is 4.88 Å². The SMILES string of the molecule is CC[C@@H](C)C(=O)N1c2ccccc2-c2c(ssc2=S)C1(C)C. The minimum atomic E-state index is -0.359. The lowest BCUT2D eigenvalue weighted by atomic mass is 9.86. The maximum atomic E-state index is 13.0. The molecular weight excluding hydrogens is 330 g/mol. The Hall–Kier alpha value is -1.04. The second-order valence-corrected chi connectivity index (χ2v) is 9.03. The lowest BCUT2D eigenvalue weighted by molar-refractivity contribution is -0.123. The Kier molecular flexibility index (Phi) is 4.00. The van der Waals surface area contributed by atoms with E-state index in [0.717, 1.165) is 27.1 Å². The van der Waals surface area contributed by atoms with Crippen molar-refractivity contribution < 1.29 is 4.79 Å². The van der Waals surface area contributed by atoms with E-state index in [0.29, 0.717) is 0 Å². The molecule has 2 nitrogen and oxygen atoms in total. The molecule has 5 heteroatoms. The maximum Gasteiger partial charge on any atom is 0.230 e. The molecule has 1 aliphatic heterocycles. The highest BCUT2D eigenvalue weighted by Crippen LogP contribution is 2.52. The van der Waals surface area contributed by atoms with Crippen molar-refractivity contribution in [3.8, 4) is 11.1 Å². The van der Waals surface area contributed by atoms with Crippen molar-refractivity contribution in [1.82, 2.24) is 0 Å². The Bertz CT molecular complexity index is 787. The van der Waals surface area contributed by atoms with Crippen LogP contribution in [0.3, 0.4) is 0 Å². The van der Waals surface area contributed by atoms with Crippen LogP contribution in [0.5, 0.6) is 0 Å². The molecule has 1 amide bonds. The van der Waals surface area contributed by atoms with E-state index in [9.17, 15) is 4.79 Å². The molecule has 1 aromatic carbocycles. The first-order valence-electron chi connectivity index (χ1n) is 7.46. The Morgan fingerprint density at radius 2 is 2.00 bits per heavy atom. The van der Waals surface area contributed by atoms with Crippen molar-refractivity contribution in [2.24, 2.45) is 5.92 Å². The van der Waals surface area contributed by atoms with Crippen LogP contribution in [0.1, 0.15) is 39.0 Å². The van der Waals surface area contributed by atoms with Crippen LogP contribution in [0.15, 0.2) is 24.3 Å². The molecule has 1 atom stereocenters. The van der Waals surface area contributed by atoms with Gasteiger partial charge in [-0.1, -0.05) is 64.9 Å². The van der Waals surface area contributed by atoms with Gasteiger partial charge in [0.15, 0.2) is 0 Å². The molecule has 2 aromatic rings. The van der Waals surface area contributed by atoms with Gasteiger partial charge in [-0.3, -0.25) is 4.79 Å². The smallest absolute Gasteiger partial charge is 0.230 e. The first-order chi connectivity index (χ1) is 10.4. The van der Waals surface area contributed by atoms with Crippen molar-refractivity contribution in [2.75, 3.05) is 4.90 Å². The zero-order valence-electron chi connectivity index (χ0n) is 13.2. The maximum absolute atomic E-state index is 13.0. The van der Waals surface area contributed by atoms with Gasteiger partial charge in [0, 0.05) is 17.0 Å². The number of hydrogen-bond acceptors (Lipinski definition) is 4. The molecule has 0 aliphatic carbocycles. The fourth-order valence-electron chi connectivity index (χ4n) is 2.97. The monoisotopic (exact) mass is 349 g/mol. The number of carbonyl (C=O) groups excluding carboxylic acids is 1. The highest BCUT2D eigenvalue weighted by Gasteiger charge is 2.43. The normalized spacial score (nSPS) is 16.8. The number of carbonyl (C=O) groups is 1. The Morgan fingerprint density at radius 1 is 1.32 bits per heavy atom. The average molecular weight is 350 g/mol. The second-order valence-electron chi connectivity index (χ2n) is 6.22. The van der Waals surface area contributed by atoms with E-state index in [2.05, 4.69) is 26.8 Å². The molecule has 1 aliphatic rings. The molecule has 0 radical (unpaired) electrons. The first-order valence-corrected chi connectivity index (χ1v) is 10.0. The zero-order chi connectivity index (χ0) is 16.1. The van der Waals surface area contributed by atoms with Crippen LogP contribution in [0.25, 0.3) is 11.1 Å². The highest BCUT2D eigenvalue weighted by molar-refractivity contribution is 7.80. The lowest BCUT2D eigenvalue weighted by Gasteiger charge is -2.44. The highest BCUT2D eigenvalue weighted by atomic mass is 32.9. The van der Waals surface area contributed by atoms with Crippen LogP contribution < -0.4 is 4.90 Å². The van der Waals surface area contributed by atoms with Gasteiger partial charge in [0.05, 0.1) is 16.1 Å². The number of anilines is 1. The molecule has 0 unspecified atom stereocenters. The van der Waals surface area contributed by atoms with Crippen LogP contribution in [0.2, 0.25) is 0 Å². The molecule has 0 spiro atoms. The zero-order valence-corrected chi connectivity index (χ0v) is 15.6. The summed E-state index contributed by atoms with van der Waals surface area (Å²) in [5, 5.41) is 0. The summed E-state index contributed by atoms with van der Waals surface area (Å²) in [6.45, 7) is 8.32. The standard InChI is InChI=1S/C17H19NOS3/c1-5-10(2)15(19)18-12-9-7-6-8-11(12)13-14(17(18,3)4)21-22-16(13)20/h6-10H,5H2,1-4H3/t10-/m1/s1. The summed E-state index contributed by atoms with van der Waals surface area (Å²) < 4.78 is 0.927. The molecule has 116 valence electrons. The van der Waals surface area contributed by atoms with Gasteiger partial charge in [-0.25, -0.2) is 0 Å². The van der Waals surface area contributed by atoms with Gasteiger partial charge in [-0.15, -0.1) is 0 Å². The number of amides is 1. The van der Waals surface area contributed by atoms with E-state index < -0.39 is 0 Å². The topological polar surface area (TPSA) is 20.3 Å². The Morgan fingerprint density at radius 3 is 2.68 bits per heavy atom. The van der Waals surface area contributed by atoms with Crippen molar-refractivity contribution in [1.29, 1.82) is 0 Å². The van der Waals surface area contributed by atoms with Crippen molar-refractivity contribution >= 4 is 44.5 Å². The van der Waals surface area contributed by atoms with E-state index in [1.54, 1.807) is 20.7 Å². The van der Waals surface area contributed by atoms with Gasteiger partial charge in [0.25, 0.3) is 0 Å². The summed E-state index contributed by atoms with van der Waals surface area (Å²) in [6.07, 6.45) is 0.847. The summed E-state index contributed by atoms with van der Waals surface area (Å²) in [7, 11) is 3.34. The van der Waals surface area contributed by atoms with Crippen molar-refractivity contribution in [3.63, 3.8) is 0 Å². The third-order valence-electron chi connectivity index (χ3n) is 4.42. The summed E-state index contributed by atoms with van der Waals surface area (Å²) in [6, 6.07) is 8.13. The van der Waals surface area contributed by atoms with Gasteiger partial charge in [-0.05, 0) is 26.3 Å². The van der Waals surface area contributed by atoms with Crippen molar-refractivity contribution in [2.45, 2.75) is 39.7 Å². The fourth-order valence-corrected chi connectivity index (χ4v) is 6.25. The third kappa shape index (κ3) is 2.18. The average Bonchev–Trinajstić information content (AvgIpc) is 2.89. The van der Waals surface area contributed by atoms with Gasteiger partial charge in [-0.2, -0.15) is 0 Å². The van der Waals surface area contributed by atoms with E-state index in [-0.39, 0.29) is 17.4 Å². The van der Waals surface area contributed by atoms with Crippen molar-refractivity contribution in [3.05, 3.63) is 33.0 Å². The van der Waals surface area contributed by atoms with Crippen LogP contribution in [-0.4, -0.2) is 5.91 Å². The summed E-state index contributed by atoms with van der Waals surface area (Å²) in [4.78, 5) is 16.2. The van der Waals surface area contributed by atoms with Gasteiger partial charge < -0.3 is 4.90 Å². The van der Waals surface area contributed by atoms with E-state index in [4.69, 9.17) is 12.2 Å². The summed E-state index contributed by atoms with van der Waals surface area (Å²) in [5.41, 5.74) is 2.87. The number of fused-ring (bicyclic) bond motifs is 3.